The van der Waals surface area contributed by atoms with E-state index in [1.54, 1.807) is 12.5 Å². The fourth-order valence-electron chi connectivity index (χ4n) is 1.97. The van der Waals surface area contributed by atoms with Crippen molar-refractivity contribution < 1.29 is 8.81 Å². The van der Waals surface area contributed by atoms with E-state index in [1.807, 2.05) is 18.2 Å². The number of furan rings is 1. The maximum Gasteiger partial charge on any atom is 0.123 e. The van der Waals surface area contributed by atoms with Gasteiger partial charge in [0.1, 0.15) is 5.82 Å². The maximum atomic E-state index is 13.0. The average Bonchev–Trinajstić information content (AvgIpc) is 2.90. The monoisotopic (exact) mass is 374 g/mol. The van der Waals surface area contributed by atoms with Gasteiger partial charge in [-0.25, -0.2) is 4.39 Å². The topological polar surface area (TPSA) is 13.1 Å². The molecule has 0 N–H and O–H groups in total. The Morgan fingerprint density at radius 3 is 2.22 bits per heavy atom. The van der Waals surface area contributed by atoms with Gasteiger partial charge in [-0.1, -0.05) is 44.0 Å². The quantitative estimate of drug-likeness (QED) is 0.691. The van der Waals surface area contributed by atoms with Gasteiger partial charge in [-0.05, 0) is 35.7 Å². The maximum absolute atomic E-state index is 13.0. The molecule has 0 aliphatic carbocycles. The highest BCUT2D eigenvalue weighted by molar-refractivity contribution is 9.09. The lowest BCUT2D eigenvalue weighted by Gasteiger charge is -2.30. The van der Waals surface area contributed by atoms with Crippen molar-refractivity contribution in [3.8, 4) is 0 Å². The molecule has 0 saturated carbocycles. The van der Waals surface area contributed by atoms with Crippen molar-refractivity contribution in [2.75, 3.05) is 10.7 Å². The molecule has 1 heterocycles. The Hall–Kier alpha value is -0.610. The van der Waals surface area contributed by atoms with Gasteiger partial charge < -0.3 is 4.42 Å². The zero-order chi connectivity index (χ0) is 13.0. The molecule has 0 spiro atoms. The van der Waals surface area contributed by atoms with E-state index in [-0.39, 0.29) is 11.2 Å². The number of halogens is 3. The smallest absolute Gasteiger partial charge is 0.123 e. The number of alkyl halides is 2. The van der Waals surface area contributed by atoms with Gasteiger partial charge in [0.25, 0.3) is 0 Å². The summed E-state index contributed by atoms with van der Waals surface area (Å²) in [6.07, 6.45) is 4.27. The van der Waals surface area contributed by atoms with E-state index in [9.17, 15) is 4.39 Å². The summed E-state index contributed by atoms with van der Waals surface area (Å²) in [7, 11) is 0. The van der Waals surface area contributed by atoms with Gasteiger partial charge in [-0.2, -0.15) is 0 Å². The number of rotatable bonds is 5. The molecule has 0 amide bonds. The predicted molar refractivity (Wildman–Crippen MR) is 78.1 cm³/mol. The Bertz CT molecular complexity index is 475. The zero-order valence-electron chi connectivity index (χ0n) is 9.70. The van der Waals surface area contributed by atoms with Crippen LogP contribution < -0.4 is 0 Å². The fourth-order valence-corrected chi connectivity index (χ4v) is 3.95. The minimum Gasteiger partial charge on any atom is -0.472 e. The van der Waals surface area contributed by atoms with Crippen LogP contribution in [-0.4, -0.2) is 10.7 Å². The highest BCUT2D eigenvalue weighted by Gasteiger charge is 2.30. The van der Waals surface area contributed by atoms with Crippen LogP contribution in [-0.2, 0) is 11.8 Å². The molecule has 1 nitrogen and oxygen atoms in total. The summed E-state index contributed by atoms with van der Waals surface area (Å²) in [6.45, 7) is 0. The molecule has 0 saturated heterocycles. The standard InChI is InChI=1S/C14H13Br2FO/c15-9-14(10-16,7-11-5-6-18-8-11)12-1-3-13(17)4-2-12/h1-6,8H,7,9-10H2. The van der Waals surface area contributed by atoms with Gasteiger partial charge in [0.2, 0.25) is 0 Å². The second-order valence-corrected chi connectivity index (χ2v) is 5.48. The van der Waals surface area contributed by atoms with E-state index in [1.165, 1.54) is 12.1 Å². The number of benzene rings is 1. The van der Waals surface area contributed by atoms with Gasteiger partial charge in [-0.3, -0.25) is 0 Å². The van der Waals surface area contributed by atoms with Crippen LogP contribution in [0.2, 0.25) is 0 Å². The van der Waals surface area contributed by atoms with E-state index < -0.39 is 0 Å². The van der Waals surface area contributed by atoms with Crippen LogP contribution in [0.5, 0.6) is 0 Å². The molecule has 18 heavy (non-hydrogen) atoms. The fraction of sp³-hybridized carbons (Fsp3) is 0.286. The van der Waals surface area contributed by atoms with E-state index in [0.717, 1.165) is 28.2 Å². The van der Waals surface area contributed by atoms with Crippen LogP contribution in [0.1, 0.15) is 11.1 Å². The summed E-state index contributed by atoms with van der Waals surface area (Å²) in [6, 6.07) is 8.66. The first kappa shape index (κ1) is 13.8. The summed E-state index contributed by atoms with van der Waals surface area (Å²) in [5.74, 6) is -0.208. The van der Waals surface area contributed by atoms with Gasteiger partial charge >= 0.3 is 0 Å². The SMILES string of the molecule is Fc1ccc(C(CBr)(CBr)Cc2ccoc2)cc1. The summed E-state index contributed by atoms with van der Waals surface area (Å²) < 4.78 is 18.1. The lowest BCUT2D eigenvalue weighted by atomic mass is 9.79. The third kappa shape index (κ3) is 2.86. The Balaban J connectivity index is 2.33. The molecular weight excluding hydrogens is 363 g/mol. The van der Waals surface area contributed by atoms with Crippen LogP contribution in [0, 0.1) is 5.82 Å². The Morgan fingerprint density at radius 1 is 1.06 bits per heavy atom. The van der Waals surface area contributed by atoms with Crippen molar-refractivity contribution in [3.63, 3.8) is 0 Å². The molecule has 2 aromatic rings. The summed E-state index contributed by atoms with van der Waals surface area (Å²) in [5, 5.41) is 1.59. The van der Waals surface area contributed by atoms with Crippen molar-refractivity contribution >= 4 is 31.9 Å². The molecule has 1 aromatic heterocycles. The van der Waals surface area contributed by atoms with Crippen LogP contribution >= 0.6 is 31.9 Å². The molecule has 4 heteroatoms. The molecular formula is C14H13Br2FO. The summed E-state index contributed by atoms with van der Waals surface area (Å²) >= 11 is 7.16. The zero-order valence-corrected chi connectivity index (χ0v) is 12.9. The third-order valence-corrected chi connectivity index (χ3v) is 5.24. The second-order valence-electron chi connectivity index (χ2n) is 4.36. The Morgan fingerprint density at radius 2 is 1.72 bits per heavy atom. The molecule has 0 aliphatic heterocycles. The third-order valence-electron chi connectivity index (χ3n) is 3.09. The highest BCUT2D eigenvalue weighted by atomic mass is 79.9. The first-order chi connectivity index (χ1) is 8.70. The van der Waals surface area contributed by atoms with Gasteiger partial charge in [0.15, 0.2) is 0 Å². The predicted octanol–water partition coefficient (Wildman–Crippen LogP) is 4.69. The lowest BCUT2D eigenvalue weighted by Crippen LogP contribution is -2.32. The average molecular weight is 376 g/mol. The van der Waals surface area contributed by atoms with E-state index >= 15 is 0 Å². The molecule has 0 bridgehead atoms. The molecule has 0 unspecified atom stereocenters. The Labute approximate surface area is 123 Å². The first-order valence-electron chi connectivity index (χ1n) is 5.59. The first-order valence-corrected chi connectivity index (χ1v) is 7.83. The van der Waals surface area contributed by atoms with E-state index in [2.05, 4.69) is 31.9 Å². The largest absolute Gasteiger partial charge is 0.472 e. The summed E-state index contributed by atoms with van der Waals surface area (Å²) in [4.78, 5) is 0. The van der Waals surface area contributed by atoms with Crippen molar-refractivity contribution in [1.29, 1.82) is 0 Å². The summed E-state index contributed by atoms with van der Waals surface area (Å²) in [5.41, 5.74) is 2.15. The molecule has 0 aliphatic rings. The minimum atomic E-state index is -0.208. The Kier molecular flexibility index (Phi) is 4.62. The van der Waals surface area contributed by atoms with E-state index in [0.29, 0.717) is 0 Å². The van der Waals surface area contributed by atoms with E-state index in [4.69, 9.17) is 4.42 Å². The molecule has 0 radical (unpaired) electrons. The lowest BCUT2D eigenvalue weighted by molar-refractivity contribution is 0.530. The van der Waals surface area contributed by atoms with Crippen LogP contribution in [0.3, 0.4) is 0 Å². The van der Waals surface area contributed by atoms with Crippen molar-refractivity contribution in [3.05, 3.63) is 59.8 Å². The molecule has 0 fully saturated rings. The number of hydrogen-bond acceptors (Lipinski definition) is 1. The normalized spacial score (nSPS) is 11.7. The van der Waals surface area contributed by atoms with Crippen LogP contribution in [0.25, 0.3) is 0 Å². The molecule has 96 valence electrons. The van der Waals surface area contributed by atoms with Gasteiger partial charge in [-0.15, -0.1) is 0 Å². The van der Waals surface area contributed by atoms with Gasteiger partial charge in [0, 0.05) is 16.1 Å². The minimum absolute atomic E-state index is 0.0996. The number of hydrogen-bond donors (Lipinski definition) is 0. The molecule has 1 aromatic carbocycles. The van der Waals surface area contributed by atoms with Crippen LogP contribution in [0.4, 0.5) is 4.39 Å². The van der Waals surface area contributed by atoms with Gasteiger partial charge in [0.05, 0.1) is 12.5 Å². The molecule has 0 atom stereocenters. The van der Waals surface area contributed by atoms with Crippen molar-refractivity contribution in [2.45, 2.75) is 11.8 Å². The van der Waals surface area contributed by atoms with Crippen molar-refractivity contribution in [1.82, 2.24) is 0 Å². The second kappa shape index (κ2) is 6.02. The van der Waals surface area contributed by atoms with Crippen LogP contribution in [0.15, 0.2) is 47.3 Å². The van der Waals surface area contributed by atoms with Crippen molar-refractivity contribution in [2.24, 2.45) is 0 Å². The molecule has 2 rings (SSSR count). The highest BCUT2D eigenvalue weighted by Crippen LogP contribution is 2.33.